The van der Waals surface area contributed by atoms with Crippen molar-refractivity contribution in [2.75, 3.05) is 13.2 Å². The van der Waals surface area contributed by atoms with Crippen LogP contribution in [0.25, 0.3) is 0 Å². The fraction of sp³-hybridized carbons (Fsp3) is 0.647. The number of benzene rings is 1. The molecule has 0 amide bonds. The Morgan fingerprint density at radius 1 is 0.905 bits per heavy atom. The second kappa shape index (κ2) is 9.77. The van der Waals surface area contributed by atoms with E-state index in [0.29, 0.717) is 19.0 Å². The zero-order chi connectivity index (χ0) is 15.6. The summed E-state index contributed by atoms with van der Waals surface area (Å²) in [6.07, 6.45) is 4.11. The molecule has 1 aromatic carbocycles. The minimum atomic E-state index is -0.599. The number of rotatable bonds is 11. The lowest BCUT2D eigenvalue weighted by Crippen LogP contribution is -2.23. The lowest BCUT2D eigenvalue weighted by molar-refractivity contribution is -0.359. The van der Waals surface area contributed by atoms with Crippen molar-refractivity contribution in [2.24, 2.45) is 0 Å². The van der Waals surface area contributed by atoms with E-state index in [4.69, 9.17) is 19.6 Å². The summed E-state index contributed by atoms with van der Waals surface area (Å²) in [6.45, 7) is 9.31. The Bertz CT molecular complexity index is 390. The molecule has 0 atom stereocenters. The molecule has 0 saturated heterocycles. The van der Waals surface area contributed by atoms with Crippen molar-refractivity contribution in [2.45, 2.75) is 59.0 Å². The minimum Gasteiger partial charge on any atom is -0.337 e. The van der Waals surface area contributed by atoms with E-state index in [9.17, 15) is 0 Å². The molecule has 0 aliphatic heterocycles. The van der Waals surface area contributed by atoms with Gasteiger partial charge in [0.1, 0.15) is 5.60 Å². The zero-order valence-electron chi connectivity index (χ0n) is 13.7. The summed E-state index contributed by atoms with van der Waals surface area (Å²) < 4.78 is 0. The largest absolute Gasteiger partial charge is 0.337 e. The molecular weight excluding hydrogens is 268 g/mol. The van der Waals surface area contributed by atoms with Crippen molar-refractivity contribution >= 4 is 0 Å². The normalized spacial score (nSPS) is 11.6. The van der Waals surface area contributed by atoms with Crippen molar-refractivity contribution in [3.05, 3.63) is 29.8 Å². The van der Waals surface area contributed by atoms with Gasteiger partial charge < -0.3 is 4.89 Å². The third-order valence-corrected chi connectivity index (χ3v) is 3.11. The van der Waals surface area contributed by atoms with Crippen LogP contribution in [0.5, 0.6) is 5.75 Å². The van der Waals surface area contributed by atoms with Crippen LogP contribution in [0.4, 0.5) is 0 Å². The fourth-order valence-corrected chi connectivity index (χ4v) is 1.78. The number of hydrogen-bond donors (Lipinski definition) is 0. The van der Waals surface area contributed by atoms with Gasteiger partial charge >= 0.3 is 0 Å². The maximum Gasteiger partial charge on any atom is 0.171 e. The van der Waals surface area contributed by atoms with Crippen LogP contribution in [0.1, 0.15) is 58.9 Å². The van der Waals surface area contributed by atoms with E-state index in [1.807, 2.05) is 38.1 Å². The summed E-state index contributed by atoms with van der Waals surface area (Å²) in [6, 6.07) is 7.70. The Kier molecular flexibility index (Phi) is 8.35. The number of hydrogen-bond acceptors (Lipinski definition) is 4. The molecular formula is C17H28O4. The highest BCUT2D eigenvalue weighted by molar-refractivity contribution is 5.36. The van der Waals surface area contributed by atoms with Crippen molar-refractivity contribution in [3.63, 3.8) is 0 Å². The molecule has 21 heavy (non-hydrogen) atoms. The number of para-hydroxylation sites is 1. The van der Waals surface area contributed by atoms with Crippen LogP contribution in [-0.4, -0.2) is 13.2 Å². The molecule has 4 heteroatoms. The molecule has 120 valence electrons. The molecule has 0 saturated carbocycles. The lowest BCUT2D eigenvalue weighted by Gasteiger charge is -2.25. The summed E-state index contributed by atoms with van der Waals surface area (Å²) in [4.78, 5) is 21.5. The van der Waals surface area contributed by atoms with Gasteiger partial charge in [0.25, 0.3) is 0 Å². The molecule has 4 nitrogen and oxygen atoms in total. The maximum atomic E-state index is 5.55. The van der Waals surface area contributed by atoms with E-state index in [0.717, 1.165) is 31.2 Å². The topological polar surface area (TPSA) is 36.9 Å². The van der Waals surface area contributed by atoms with E-state index in [-0.39, 0.29) is 0 Å². The van der Waals surface area contributed by atoms with Gasteiger partial charge in [-0.2, -0.15) is 4.89 Å². The average molecular weight is 296 g/mol. The first kappa shape index (κ1) is 18.0. The Morgan fingerprint density at radius 2 is 1.52 bits per heavy atom. The molecule has 0 unspecified atom stereocenters. The molecule has 0 bridgehead atoms. The Labute approximate surface area is 128 Å². The highest BCUT2D eigenvalue weighted by atomic mass is 17.2. The van der Waals surface area contributed by atoms with Gasteiger partial charge in [-0.1, -0.05) is 44.9 Å². The van der Waals surface area contributed by atoms with Crippen molar-refractivity contribution in [1.82, 2.24) is 0 Å². The van der Waals surface area contributed by atoms with Gasteiger partial charge in [-0.25, -0.2) is 9.78 Å². The molecule has 0 aliphatic carbocycles. The number of unbranched alkanes of at least 4 members (excludes halogenated alkanes) is 2. The van der Waals surface area contributed by atoms with Crippen molar-refractivity contribution in [1.29, 1.82) is 0 Å². The lowest BCUT2D eigenvalue weighted by atomic mass is 9.97. The summed E-state index contributed by atoms with van der Waals surface area (Å²) >= 11 is 0. The molecule has 0 radical (unpaired) electrons. The Morgan fingerprint density at radius 3 is 2.19 bits per heavy atom. The monoisotopic (exact) mass is 296 g/mol. The molecule has 1 rings (SSSR count). The van der Waals surface area contributed by atoms with E-state index in [1.54, 1.807) is 0 Å². The van der Waals surface area contributed by atoms with Gasteiger partial charge in [-0.15, -0.1) is 0 Å². The fourth-order valence-electron chi connectivity index (χ4n) is 1.78. The molecule has 0 spiro atoms. The van der Waals surface area contributed by atoms with Gasteiger partial charge in [0.05, 0.1) is 13.2 Å². The van der Waals surface area contributed by atoms with Crippen LogP contribution >= 0.6 is 0 Å². The standard InChI is InChI=1S/C17H28O4/c1-5-7-13-18-20-16-12-10-9-11-15(16)17(3,4)21-19-14-8-6-2/h9-12H,5-8,13-14H2,1-4H3. The molecule has 0 aliphatic rings. The predicted octanol–water partition coefficient (Wildman–Crippen LogP) is 4.78. The molecule has 1 aromatic rings. The second-order valence-electron chi connectivity index (χ2n) is 5.52. The molecule has 0 fully saturated rings. The summed E-state index contributed by atoms with van der Waals surface area (Å²) in [5, 5.41) is 0. The van der Waals surface area contributed by atoms with E-state index < -0.39 is 5.60 Å². The van der Waals surface area contributed by atoms with Gasteiger partial charge in [-0.3, -0.25) is 0 Å². The highest BCUT2D eigenvalue weighted by Crippen LogP contribution is 2.33. The second-order valence-corrected chi connectivity index (χ2v) is 5.52. The third-order valence-electron chi connectivity index (χ3n) is 3.11. The molecule has 0 heterocycles. The quantitative estimate of drug-likeness (QED) is 0.334. The zero-order valence-corrected chi connectivity index (χ0v) is 13.7. The minimum absolute atomic E-state index is 0.582. The third kappa shape index (κ3) is 6.46. The molecule has 0 aromatic heterocycles. The first-order chi connectivity index (χ1) is 10.1. The SMILES string of the molecule is CCCCOOc1ccccc1C(C)(C)OOCCCC. The van der Waals surface area contributed by atoms with E-state index >= 15 is 0 Å². The Balaban J connectivity index is 2.62. The first-order valence-corrected chi connectivity index (χ1v) is 7.81. The highest BCUT2D eigenvalue weighted by Gasteiger charge is 2.27. The van der Waals surface area contributed by atoms with Crippen molar-refractivity contribution < 1.29 is 19.6 Å². The smallest absolute Gasteiger partial charge is 0.171 e. The van der Waals surface area contributed by atoms with Gasteiger partial charge in [0.2, 0.25) is 0 Å². The average Bonchev–Trinajstić information content (AvgIpc) is 2.48. The van der Waals surface area contributed by atoms with Crippen LogP contribution in [0.3, 0.4) is 0 Å². The predicted molar refractivity (Wildman–Crippen MR) is 82.9 cm³/mol. The van der Waals surface area contributed by atoms with Gasteiger partial charge in [-0.05, 0) is 32.8 Å². The molecule has 0 N–H and O–H groups in total. The van der Waals surface area contributed by atoms with Gasteiger partial charge in [0, 0.05) is 5.56 Å². The Hall–Kier alpha value is -1.10. The van der Waals surface area contributed by atoms with Crippen molar-refractivity contribution in [3.8, 4) is 5.75 Å². The van der Waals surface area contributed by atoms with Crippen LogP contribution in [-0.2, 0) is 20.3 Å². The van der Waals surface area contributed by atoms with Crippen LogP contribution in [0.15, 0.2) is 24.3 Å². The van der Waals surface area contributed by atoms with E-state index in [2.05, 4.69) is 13.8 Å². The first-order valence-electron chi connectivity index (χ1n) is 7.81. The summed E-state index contributed by atoms with van der Waals surface area (Å²) in [5.41, 5.74) is 0.302. The van der Waals surface area contributed by atoms with Crippen LogP contribution in [0.2, 0.25) is 0 Å². The van der Waals surface area contributed by atoms with Crippen LogP contribution in [0, 0.1) is 0 Å². The maximum absolute atomic E-state index is 5.55. The summed E-state index contributed by atoms with van der Waals surface area (Å²) in [5.74, 6) is 0.665. The summed E-state index contributed by atoms with van der Waals surface area (Å²) in [7, 11) is 0. The van der Waals surface area contributed by atoms with Crippen LogP contribution < -0.4 is 4.89 Å². The van der Waals surface area contributed by atoms with Gasteiger partial charge in [0.15, 0.2) is 5.75 Å². The van der Waals surface area contributed by atoms with E-state index in [1.165, 1.54) is 0 Å².